The molecule has 0 aromatic heterocycles. The predicted molar refractivity (Wildman–Crippen MR) is 192 cm³/mol. The van der Waals surface area contributed by atoms with Crippen molar-refractivity contribution in [2.45, 2.75) is 182 Å². The van der Waals surface area contributed by atoms with Gasteiger partial charge in [0.15, 0.2) is 5.41 Å². The summed E-state index contributed by atoms with van der Waals surface area (Å²) in [5.74, 6) is -1.80. The molecule has 0 saturated carbocycles. The molecule has 0 radical (unpaired) electrons. The number of aliphatic hydroxyl groups excluding tert-OH is 1. The molecule has 8 heteroatoms. The van der Waals surface area contributed by atoms with Crippen LogP contribution in [0, 0.1) is 5.41 Å². The van der Waals surface area contributed by atoms with Gasteiger partial charge in [0.05, 0.1) is 19.8 Å². The standard InChI is InChI=1S/C39H75NO7/c1-5-8-11-14-17-18-19-24-29-40(31-32-41)30-25-22-23-28-36(42)47-35-39(4,37(43)45-33-26-20-15-12-9-6-2)38(44)46-34-27-21-16-13-10-7-3/h41H,5-35H2,1-4H3. The van der Waals surface area contributed by atoms with Crippen molar-refractivity contribution in [3.63, 3.8) is 0 Å². The van der Waals surface area contributed by atoms with Gasteiger partial charge in [-0.1, -0.05) is 136 Å². The normalized spacial score (nSPS) is 11.6. The van der Waals surface area contributed by atoms with Gasteiger partial charge in [-0.25, -0.2) is 0 Å². The number of rotatable bonds is 35. The Morgan fingerprint density at radius 3 is 1.32 bits per heavy atom. The Morgan fingerprint density at radius 1 is 0.511 bits per heavy atom. The first kappa shape index (κ1) is 45.3. The zero-order valence-electron chi connectivity index (χ0n) is 31.3. The van der Waals surface area contributed by atoms with E-state index in [9.17, 15) is 19.5 Å². The molecular formula is C39H75NO7. The highest BCUT2D eigenvalue weighted by Gasteiger charge is 2.46. The van der Waals surface area contributed by atoms with E-state index in [0.717, 1.165) is 70.9 Å². The molecule has 0 saturated heterocycles. The lowest BCUT2D eigenvalue weighted by atomic mass is 9.92. The van der Waals surface area contributed by atoms with Gasteiger partial charge in [-0.05, 0) is 52.1 Å². The van der Waals surface area contributed by atoms with Gasteiger partial charge in [-0.2, -0.15) is 0 Å². The first-order valence-electron chi connectivity index (χ1n) is 19.7. The Kier molecular flexibility index (Phi) is 31.7. The van der Waals surface area contributed by atoms with Crippen molar-refractivity contribution in [1.29, 1.82) is 0 Å². The van der Waals surface area contributed by atoms with Crippen LogP contribution in [0.15, 0.2) is 0 Å². The zero-order valence-corrected chi connectivity index (χ0v) is 31.3. The van der Waals surface area contributed by atoms with Crippen molar-refractivity contribution in [3.05, 3.63) is 0 Å². The molecule has 0 fully saturated rings. The van der Waals surface area contributed by atoms with Crippen LogP contribution in [0.4, 0.5) is 0 Å². The van der Waals surface area contributed by atoms with E-state index in [2.05, 4.69) is 25.7 Å². The predicted octanol–water partition coefficient (Wildman–Crippen LogP) is 9.34. The van der Waals surface area contributed by atoms with Gasteiger partial charge in [-0.3, -0.25) is 14.4 Å². The highest BCUT2D eigenvalue weighted by molar-refractivity contribution is 6.00. The molecule has 0 aliphatic rings. The molecule has 0 amide bonds. The number of carbonyl (C=O) groups excluding carboxylic acids is 3. The molecule has 0 aliphatic carbocycles. The molecule has 0 unspecified atom stereocenters. The smallest absolute Gasteiger partial charge is 0.326 e. The van der Waals surface area contributed by atoms with Crippen LogP contribution >= 0.6 is 0 Å². The zero-order chi connectivity index (χ0) is 34.9. The largest absolute Gasteiger partial charge is 0.465 e. The second kappa shape index (κ2) is 32.9. The lowest BCUT2D eigenvalue weighted by Gasteiger charge is -2.25. The summed E-state index contributed by atoms with van der Waals surface area (Å²) in [5, 5.41) is 9.47. The van der Waals surface area contributed by atoms with E-state index < -0.39 is 23.3 Å². The summed E-state index contributed by atoms with van der Waals surface area (Å²) in [4.78, 5) is 41.1. The summed E-state index contributed by atoms with van der Waals surface area (Å²) >= 11 is 0. The monoisotopic (exact) mass is 670 g/mol. The van der Waals surface area contributed by atoms with E-state index in [-0.39, 0.29) is 32.8 Å². The molecular weight excluding hydrogens is 594 g/mol. The number of nitrogens with zero attached hydrogens (tertiary/aromatic N) is 1. The molecule has 1 N–H and O–H groups in total. The number of ether oxygens (including phenoxy) is 3. The van der Waals surface area contributed by atoms with Crippen LogP contribution in [-0.2, 0) is 28.6 Å². The molecule has 0 heterocycles. The number of esters is 3. The SMILES string of the molecule is CCCCCCCCCCN(CCO)CCCCCC(=O)OCC(C)(C(=O)OCCCCCCCC)C(=O)OCCCCCCCC. The van der Waals surface area contributed by atoms with Gasteiger partial charge in [0.1, 0.15) is 6.61 Å². The molecule has 47 heavy (non-hydrogen) atoms. The summed E-state index contributed by atoms with van der Waals surface area (Å²) in [6.07, 6.45) is 25.7. The summed E-state index contributed by atoms with van der Waals surface area (Å²) in [6, 6.07) is 0. The molecule has 8 nitrogen and oxygen atoms in total. The highest BCUT2D eigenvalue weighted by atomic mass is 16.6. The third kappa shape index (κ3) is 25.9. The topological polar surface area (TPSA) is 102 Å². The van der Waals surface area contributed by atoms with Gasteiger partial charge in [0.2, 0.25) is 0 Å². The fourth-order valence-electron chi connectivity index (χ4n) is 5.64. The molecule has 0 aromatic carbocycles. The Balaban J connectivity index is 4.61. The first-order valence-corrected chi connectivity index (χ1v) is 19.7. The van der Waals surface area contributed by atoms with Gasteiger partial charge < -0.3 is 24.2 Å². The third-order valence-electron chi connectivity index (χ3n) is 8.98. The molecule has 0 aliphatic heterocycles. The van der Waals surface area contributed by atoms with Crippen LogP contribution in [0.2, 0.25) is 0 Å². The number of carbonyl (C=O) groups is 3. The summed E-state index contributed by atoms with van der Waals surface area (Å²) in [5.41, 5.74) is -1.68. The van der Waals surface area contributed by atoms with Crippen molar-refractivity contribution in [3.8, 4) is 0 Å². The summed E-state index contributed by atoms with van der Waals surface area (Å²) in [7, 11) is 0. The van der Waals surface area contributed by atoms with Crippen molar-refractivity contribution in [2.24, 2.45) is 5.41 Å². The van der Waals surface area contributed by atoms with Gasteiger partial charge in [0, 0.05) is 13.0 Å². The van der Waals surface area contributed by atoms with Crippen molar-refractivity contribution >= 4 is 17.9 Å². The Bertz CT molecular complexity index is 715. The Morgan fingerprint density at radius 2 is 0.894 bits per heavy atom. The second-order valence-electron chi connectivity index (χ2n) is 13.7. The van der Waals surface area contributed by atoms with Gasteiger partial charge >= 0.3 is 17.9 Å². The van der Waals surface area contributed by atoms with Crippen LogP contribution in [0.25, 0.3) is 0 Å². The van der Waals surface area contributed by atoms with Crippen molar-refractivity contribution in [1.82, 2.24) is 4.90 Å². The average Bonchev–Trinajstić information content (AvgIpc) is 3.07. The second-order valence-corrected chi connectivity index (χ2v) is 13.7. The quantitative estimate of drug-likeness (QED) is 0.0308. The third-order valence-corrected chi connectivity index (χ3v) is 8.98. The summed E-state index contributed by atoms with van der Waals surface area (Å²) in [6.45, 7) is 10.9. The minimum atomic E-state index is -1.68. The van der Waals surface area contributed by atoms with Crippen LogP contribution in [0.3, 0.4) is 0 Å². The van der Waals surface area contributed by atoms with E-state index in [1.165, 1.54) is 90.4 Å². The molecule has 0 spiro atoms. The summed E-state index contributed by atoms with van der Waals surface area (Å²) < 4.78 is 16.5. The number of hydrogen-bond donors (Lipinski definition) is 1. The van der Waals surface area contributed by atoms with Crippen LogP contribution < -0.4 is 0 Å². The average molecular weight is 670 g/mol. The minimum Gasteiger partial charge on any atom is -0.465 e. The number of hydrogen-bond acceptors (Lipinski definition) is 8. The van der Waals surface area contributed by atoms with E-state index in [1.807, 2.05) is 0 Å². The minimum absolute atomic E-state index is 0.158. The maximum atomic E-state index is 13.1. The highest BCUT2D eigenvalue weighted by Crippen LogP contribution is 2.23. The first-order chi connectivity index (χ1) is 22.8. The van der Waals surface area contributed by atoms with Crippen LogP contribution in [-0.4, -0.2) is 74.0 Å². The molecule has 0 atom stereocenters. The van der Waals surface area contributed by atoms with Crippen LogP contribution in [0.1, 0.15) is 182 Å². The molecule has 0 aromatic rings. The van der Waals surface area contributed by atoms with E-state index in [0.29, 0.717) is 13.0 Å². The van der Waals surface area contributed by atoms with Crippen molar-refractivity contribution in [2.75, 3.05) is 46.1 Å². The lowest BCUT2D eigenvalue weighted by Crippen LogP contribution is -2.44. The van der Waals surface area contributed by atoms with Crippen molar-refractivity contribution < 1.29 is 33.7 Å². The van der Waals surface area contributed by atoms with E-state index >= 15 is 0 Å². The molecule has 0 bridgehead atoms. The molecule has 0 rings (SSSR count). The molecule has 278 valence electrons. The van der Waals surface area contributed by atoms with Gasteiger partial charge in [-0.15, -0.1) is 0 Å². The Hall–Kier alpha value is -1.67. The van der Waals surface area contributed by atoms with Gasteiger partial charge in [0.25, 0.3) is 0 Å². The van der Waals surface area contributed by atoms with Crippen LogP contribution in [0.5, 0.6) is 0 Å². The van der Waals surface area contributed by atoms with E-state index in [4.69, 9.17) is 14.2 Å². The fourth-order valence-corrected chi connectivity index (χ4v) is 5.64. The fraction of sp³-hybridized carbons (Fsp3) is 0.923. The Labute approximate surface area is 289 Å². The number of aliphatic hydroxyl groups is 1. The van der Waals surface area contributed by atoms with E-state index in [1.54, 1.807) is 0 Å². The maximum Gasteiger partial charge on any atom is 0.326 e. The maximum absolute atomic E-state index is 13.1. The lowest BCUT2D eigenvalue weighted by molar-refractivity contribution is -0.177. The number of unbranched alkanes of at least 4 members (excludes halogenated alkanes) is 19.